The van der Waals surface area contributed by atoms with Gasteiger partial charge in [0.1, 0.15) is 0 Å². The van der Waals surface area contributed by atoms with E-state index in [1.54, 1.807) is 0 Å². The second-order valence-electron chi connectivity index (χ2n) is 4.42. The molecule has 15 heavy (non-hydrogen) atoms. The maximum Gasteiger partial charge on any atom is 0.0386 e. The molecule has 2 atom stereocenters. The predicted octanol–water partition coefficient (Wildman–Crippen LogP) is 2.49. The fraction of sp³-hybridized carbons (Fsp3) is 0.667. The molecule has 1 saturated heterocycles. The molecule has 2 heterocycles. The molecule has 2 unspecified atom stereocenters. The molecule has 0 aliphatic carbocycles. The second-order valence-corrected chi connectivity index (χ2v) is 5.40. The Hall–Kier alpha value is -0.380. The Morgan fingerprint density at radius 2 is 2.53 bits per heavy atom. The first-order chi connectivity index (χ1) is 7.27. The van der Waals surface area contributed by atoms with Crippen LogP contribution in [0.15, 0.2) is 17.5 Å². The summed E-state index contributed by atoms with van der Waals surface area (Å²) in [5.74, 6) is 0. The minimum absolute atomic E-state index is 0.499. The van der Waals surface area contributed by atoms with E-state index in [-0.39, 0.29) is 0 Å². The van der Waals surface area contributed by atoms with Gasteiger partial charge in [-0.15, -0.1) is 11.3 Å². The van der Waals surface area contributed by atoms with Gasteiger partial charge in [-0.05, 0) is 44.8 Å². The van der Waals surface area contributed by atoms with Crippen LogP contribution >= 0.6 is 11.3 Å². The summed E-state index contributed by atoms with van der Waals surface area (Å²) in [7, 11) is 2.23. The molecule has 3 heteroatoms. The van der Waals surface area contributed by atoms with Crippen molar-refractivity contribution in [1.82, 2.24) is 10.2 Å². The Bertz CT molecular complexity index is 284. The first kappa shape index (κ1) is 11.1. The van der Waals surface area contributed by atoms with E-state index in [0.717, 1.165) is 12.6 Å². The number of hydrogen-bond donors (Lipinski definition) is 1. The van der Waals surface area contributed by atoms with Crippen LogP contribution in [0.3, 0.4) is 0 Å². The lowest BCUT2D eigenvalue weighted by molar-refractivity contribution is 0.294. The molecule has 0 bridgehead atoms. The van der Waals surface area contributed by atoms with E-state index >= 15 is 0 Å². The molecule has 0 amide bonds. The molecular weight excluding hydrogens is 204 g/mol. The van der Waals surface area contributed by atoms with E-state index in [0.29, 0.717) is 6.04 Å². The molecule has 1 aromatic rings. The Labute approximate surface area is 96.3 Å². The lowest BCUT2D eigenvalue weighted by atomic mass is 10.2. The molecule has 0 spiro atoms. The average Bonchev–Trinajstić information content (AvgIpc) is 2.85. The predicted molar refractivity (Wildman–Crippen MR) is 66.4 cm³/mol. The van der Waals surface area contributed by atoms with Gasteiger partial charge < -0.3 is 10.2 Å². The summed E-state index contributed by atoms with van der Waals surface area (Å²) >= 11 is 1.84. The molecule has 1 fully saturated rings. The molecule has 0 saturated carbocycles. The fourth-order valence-corrected chi connectivity index (χ4v) is 2.95. The van der Waals surface area contributed by atoms with Gasteiger partial charge in [-0.3, -0.25) is 0 Å². The zero-order valence-electron chi connectivity index (χ0n) is 9.57. The molecule has 2 nitrogen and oxygen atoms in total. The summed E-state index contributed by atoms with van der Waals surface area (Å²) < 4.78 is 0. The van der Waals surface area contributed by atoms with Gasteiger partial charge in [-0.25, -0.2) is 0 Å². The summed E-state index contributed by atoms with van der Waals surface area (Å²) in [6.45, 7) is 4.64. The zero-order valence-corrected chi connectivity index (χ0v) is 10.4. The van der Waals surface area contributed by atoms with Crippen molar-refractivity contribution in [3.63, 3.8) is 0 Å². The lowest BCUT2D eigenvalue weighted by Crippen LogP contribution is -2.36. The highest BCUT2D eigenvalue weighted by molar-refractivity contribution is 7.10. The maximum absolute atomic E-state index is 3.63. The van der Waals surface area contributed by atoms with Crippen LogP contribution in [0.5, 0.6) is 0 Å². The number of likely N-dealkylation sites (tertiary alicyclic amines) is 1. The number of rotatable bonds is 4. The third-order valence-corrected chi connectivity index (χ3v) is 4.36. The van der Waals surface area contributed by atoms with E-state index in [9.17, 15) is 0 Å². The van der Waals surface area contributed by atoms with Gasteiger partial charge >= 0.3 is 0 Å². The van der Waals surface area contributed by atoms with Crippen LogP contribution in [0.4, 0.5) is 0 Å². The lowest BCUT2D eigenvalue weighted by Gasteiger charge is -2.22. The molecule has 1 aliphatic heterocycles. The summed E-state index contributed by atoms with van der Waals surface area (Å²) in [5, 5.41) is 5.77. The highest BCUT2D eigenvalue weighted by atomic mass is 32.1. The third kappa shape index (κ3) is 2.80. The molecule has 84 valence electrons. The van der Waals surface area contributed by atoms with Crippen molar-refractivity contribution < 1.29 is 0 Å². The summed E-state index contributed by atoms with van der Waals surface area (Å²) in [4.78, 5) is 3.91. The topological polar surface area (TPSA) is 15.3 Å². The van der Waals surface area contributed by atoms with Crippen LogP contribution < -0.4 is 5.32 Å². The quantitative estimate of drug-likeness (QED) is 0.845. The van der Waals surface area contributed by atoms with E-state index in [1.807, 2.05) is 11.3 Å². The number of thiophene rings is 1. The average molecular weight is 224 g/mol. The molecule has 1 aromatic heterocycles. The Balaban J connectivity index is 1.78. The van der Waals surface area contributed by atoms with Crippen molar-refractivity contribution in [1.29, 1.82) is 0 Å². The maximum atomic E-state index is 3.63. The van der Waals surface area contributed by atoms with Gasteiger partial charge in [0.05, 0.1) is 0 Å². The molecule has 0 radical (unpaired) electrons. The van der Waals surface area contributed by atoms with Crippen molar-refractivity contribution in [3.8, 4) is 0 Å². The SMILES string of the molecule is CC(NCC1CCCN1C)c1cccs1. The van der Waals surface area contributed by atoms with Crippen molar-refractivity contribution >= 4 is 11.3 Å². The first-order valence-electron chi connectivity index (χ1n) is 5.74. The molecule has 2 rings (SSSR count). The smallest absolute Gasteiger partial charge is 0.0386 e. The van der Waals surface area contributed by atoms with Crippen molar-refractivity contribution in [2.24, 2.45) is 0 Å². The number of nitrogens with zero attached hydrogens (tertiary/aromatic N) is 1. The Morgan fingerprint density at radius 3 is 3.13 bits per heavy atom. The minimum atomic E-state index is 0.499. The summed E-state index contributed by atoms with van der Waals surface area (Å²) in [6, 6.07) is 5.58. The van der Waals surface area contributed by atoms with E-state index in [1.165, 1.54) is 24.3 Å². The number of nitrogens with one attached hydrogen (secondary N) is 1. The normalized spacial score (nSPS) is 24.5. The van der Waals surface area contributed by atoms with Gasteiger partial charge in [0.15, 0.2) is 0 Å². The van der Waals surface area contributed by atoms with Crippen LogP contribution in [0, 0.1) is 0 Å². The third-order valence-electron chi connectivity index (χ3n) is 3.30. The molecule has 0 aromatic carbocycles. The van der Waals surface area contributed by atoms with Crippen LogP contribution in [-0.4, -0.2) is 31.1 Å². The first-order valence-corrected chi connectivity index (χ1v) is 6.62. The second kappa shape index (κ2) is 5.10. The Kier molecular flexibility index (Phi) is 3.78. The number of likely N-dealkylation sites (N-methyl/N-ethyl adjacent to an activating group) is 1. The van der Waals surface area contributed by atoms with E-state index in [4.69, 9.17) is 0 Å². The van der Waals surface area contributed by atoms with Gasteiger partial charge in [0.2, 0.25) is 0 Å². The van der Waals surface area contributed by atoms with Gasteiger partial charge in [-0.2, -0.15) is 0 Å². The van der Waals surface area contributed by atoms with Crippen molar-refractivity contribution in [2.75, 3.05) is 20.1 Å². The number of hydrogen-bond acceptors (Lipinski definition) is 3. The largest absolute Gasteiger partial charge is 0.308 e. The molecule has 1 N–H and O–H groups in total. The summed E-state index contributed by atoms with van der Waals surface area (Å²) in [6.07, 6.45) is 2.71. The standard InChI is InChI=1S/C12H20N2S/c1-10(12-6-4-8-15-12)13-9-11-5-3-7-14(11)2/h4,6,8,10-11,13H,3,5,7,9H2,1-2H3. The Morgan fingerprint density at radius 1 is 1.67 bits per heavy atom. The van der Waals surface area contributed by atoms with Crippen molar-refractivity contribution in [3.05, 3.63) is 22.4 Å². The van der Waals surface area contributed by atoms with Gasteiger partial charge in [0, 0.05) is 23.5 Å². The van der Waals surface area contributed by atoms with Crippen LogP contribution in [0.1, 0.15) is 30.7 Å². The van der Waals surface area contributed by atoms with Gasteiger partial charge in [0.25, 0.3) is 0 Å². The van der Waals surface area contributed by atoms with Crippen molar-refractivity contribution in [2.45, 2.75) is 31.8 Å². The highest BCUT2D eigenvalue weighted by Crippen LogP contribution is 2.19. The van der Waals surface area contributed by atoms with E-state index < -0.39 is 0 Å². The zero-order chi connectivity index (χ0) is 10.7. The van der Waals surface area contributed by atoms with Gasteiger partial charge in [-0.1, -0.05) is 6.07 Å². The molecule has 1 aliphatic rings. The van der Waals surface area contributed by atoms with Crippen LogP contribution in [0.25, 0.3) is 0 Å². The monoisotopic (exact) mass is 224 g/mol. The van der Waals surface area contributed by atoms with Crippen LogP contribution in [-0.2, 0) is 0 Å². The van der Waals surface area contributed by atoms with Crippen LogP contribution in [0.2, 0.25) is 0 Å². The molecular formula is C12H20N2S. The highest BCUT2D eigenvalue weighted by Gasteiger charge is 2.20. The fourth-order valence-electron chi connectivity index (χ4n) is 2.19. The minimum Gasteiger partial charge on any atom is -0.308 e. The van der Waals surface area contributed by atoms with E-state index in [2.05, 4.69) is 41.7 Å². The summed E-state index contributed by atoms with van der Waals surface area (Å²) in [5.41, 5.74) is 0.